The SMILES string of the molecule is Nc1[nH]ncc1CNS(=O)(=O)c1ccc(Cl)c(Cl)c1. The predicted molar refractivity (Wildman–Crippen MR) is 73.5 cm³/mol. The zero-order valence-electron chi connectivity index (χ0n) is 9.52. The molecule has 2 aromatic rings. The number of benzene rings is 1. The summed E-state index contributed by atoms with van der Waals surface area (Å²) in [6.07, 6.45) is 1.45. The summed E-state index contributed by atoms with van der Waals surface area (Å²) in [5, 5.41) is 6.68. The predicted octanol–water partition coefficient (Wildman–Crippen LogP) is 1.78. The maximum Gasteiger partial charge on any atom is 0.240 e. The molecule has 0 atom stereocenters. The van der Waals surface area contributed by atoms with E-state index in [-0.39, 0.29) is 16.5 Å². The van der Waals surface area contributed by atoms with Crippen molar-refractivity contribution in [2.24, 2.45) is 0 Å². The number of sulfonamides is 1. The van der Waals surface area contributed by atoms with Crippen LogP contribution in [0, 0.1) is 0 Å². The van der Waals surface area contributed by atoms with Crippen LogP contribution in [0.2, 0.25) is 10.0 Å². The Hall–Kier alpha value is -1.28. The number of halogens is 2. The Bertz CT molecular complexity index is 699. The topological polar surface area (TPSA) is 101 Å². The number of hydrogen-bond acceptors (Lipinski definition) is 4. The Morgan fingerprint density at radius 2 is 2.05 bits per heavy atom. The van der Waals surface area contributed by atoms with E-state index in [0.29, 0.717) is 16.4 Å². The lowest BCUT2D eigenvalue weighted by Crippen LogP contribution is -2.23. The monoisotopic (exact) mass is 320 g/mol. The van der Waals surface area contributed by atoms with Crippen LogP contribution in [0.5, 0.6) is 0 Å². The van der Waals surface area contributed by atoms with Crippen molar-refractivity contribution in [1.82, 2.24) is 14.9 Å². The number of nitrogens with one attached hydrogen (secondary N) is 2. The molecule has 0 unspecified atom stereocenters. The summed E-state index contributed by atoms with van der Waals surface area (Å²) in [5.74, 6) is 0.317. The van der Waals surface area contributed by atoms with E-state index in [4.69, 9.17) is 28.9 Å². The molecule has 1 heterocycles. The molecule has 0 saturated carbocycles. The van der Waals surface area contributed by atoms with E-state index in [1.54, 1.807) is 0 Å². The molecule has 0 fully saturated rings. The van der Waals surface area contributed by atoms with Crippen molar-refractivity contribution in [2.45, 2.75) is 11.4 Å². The Balaban J connectivity index is 2.18. The average Bonchev–Trinajstić information content (AvgIpc) is 2.76. The van der Waals surface area contributed by atoms with Gasteiger partial charge in [-0.1, -0.05) is 23.2 Å². The lowest BCUT2D eigenvalue weighted by molar-refractivity contribution is 0.581. The summed E-state index contributed by atoms with van der Waals surface area (Å²) in [6, 6.07) is 4.07. The maximum atomic E-state index is 12.0. The van der Waals surface area contributed by atoms with Gasteiger partial charge in [-0.15, -0.1) is 0 Å². The molecule has 4 N–H and O–H groups in total. The first-order valence-corrected chi connectivity index (χ1v) is 7.36. The molecule has 0 aliphatic heterocycles. The standard InChI is InChI=1S/C10H10Cl2N4O2S/c11-8-2-1-7(3-9(8)12)19(17,18)15-5-6-4-14-16-10(6)13/h1-4,15H,5H2,(H3,13,14,16). The van der Waals surface area contributed by atoms with Gasteiger partial charge in [0, 0.05) is 12.1 Å². The van der Waals surface area contributed by atoms with Crippen LogP contribution in [0.25, 0.3) is 0 Å². The second-order valence-electron chi connectivity index (χ2n) is 3.71. The third-order valence-electron chi connectivity index (χ3n) is 2.41. The number of rotatable bonds is 4. The molecule has 19 heavy (non-hydrogen) atoms. The number of aromatic nitrogens is 2. The van der Waals surface area contributed by atoms with Crippen LogP contribution >= 0.6 is 23.2 Å². The molecule has 0 aliphatic rings. The smallest absolute Gasteiger partial charge is 0.240 e. The summed E-state index contributed by atoms with van der Waals surface area (Å²) >= 11 is 11.5. The van der Waals surface area contributed by atoms with Gasteiger partial charge in [0.05, 0.1) is 21.1 Å². The van der Waals surface area contributed by atoms with Gasteiger partial charge >= 0.3 is 0 Å². The van der Waals surface area contributed by atoms with Crippen molar-refractivity contribution in [3.8, 4) is 0 Å². The largest absolute Gasteiger partial charge is 0.384 e. The molecule has 2 rings (SSSR count). The zero-order chi connectivity index (χ0) is 14.0. The quantitative estimate of drug-likeness (QED) is 0.799. The third kappa shape index (κ3) is 3.19. The van der Waals surface area contributed by atoms with E-state index in [9.17, 15) is 8.42 Å². The number of nitrogens with two attached hydrogens (primary N) is 1. The molecule has 0 spiro atoms. The number of H-pyrrole nitrogens is 1. The normalized spacial score (nSPS) is 11.7. The van der Waals surface area contributed by atoms with Crippen LogP contribution < -0.4 is 10.5 Å². The van der Waals surface area contributed by atoms with Crippen molar-refractivity contribution < 1.29 is 8.42 Å². The van der Waals surface area contributed by atoms with Gasteiger partial charge in [0.1, 0.15) is 5.82 Å². The van der Waals surface area contributed by atoms with Crippen molar-refractivity contribution in [3.05, 3.63) is 40.0 Å². The second kappa shape index (κ2) is 5.38. The van der Waals surface area contributed by atoms with Gasteiger partial charge in [0.2, 0.25) is 10.0 Å². The first kappa shape index (κ1) is 14.1. The van der Waals surface area contributed by atoms with Gasteiger partial charge in [0.25, 0.3) is 0 Å². The Morgan fingerprint density at radius 1 is 1.32 bits per heavy atom. The van der Waals surface area contributed by atoms with E-state index >= 15 is 0 Å². The highest BCUT2D eigenvalue weighted by molar-refractivity contribution is 7.89. The zero-order valence-corrected chi connectivity index (χ0v) is 11.9. The molecule has 0 bridgehead atoms. The Labute approximate surface area is 120 Å². The van der Waals surface area contributed by atoms with Gasteiger partial charge in [-0.05, 0) is 18.2 Å². The number of hydrogen-bond donors (Lipinski definition) is 3. The molecule has 0 radical (unpaired) electrons. The van der Waals surface area contributed by atoms with Gasteiger partial charge in [-0.25, -0.2) is 13.1 Å². The van der Waals surface area contributed by atoms with Gasteiger partial charge < -0.3 is 5.73 Å². The lowest BCUT2D eigenvalue weighted by Gasteiger charge is -2.07. The van der Waals surface area contributed by atoms with Gasteiger partial charge in [0.15, 0.2) is 0 Å². The van der Waals surface area contributed by atoms with Gasteiger partial charge in [-0.3, -0.25) is 5.10 Å². The summed E-state index contributed by atoms with van der Waals surface area (Å²) in [4.78, 5) is 0.0315. The van der Waals surface area contributed by atoms with Crippen LogP contribution in [0.4, 0.5) is 5.82 Å². The number of aromatic amines is 1. The van der Waals surface area contributed by atoms with E-state index < -0.39 is 10.0 Å². The molecule has 1 aromatic heterocycles. The fourth-order valence-electron chi connectivity index (χ4n) is 1.36. The molecule has 102 valence electrons. The van der Waals surface area contributed by atoms with Crippen molar-refractivity contribution in [2.75, 3.05) is 5.73 Å². The Morgan fingerprint density at radius 3 is 2.63 bits per heavy atom. The van der Waals surface area contributed by atoms with Crippen LogP contribution in [0.15, 0.2) is 29.3 Å². The van der Waals surface area contributed by atoms with Crippen LogP contribution in [-0.4, -0.2) is 18.6 Å². The Kier molecular flexibility index (Phi) is 4.00. The van der Waals surface area contributed by atoms with Crippen molar-refractivity contribution >= 4 is 39.0 Å². The minimum Gasteiger partial charge on any atom is -0.384 e. The van der Waals surface area contributed by atoms with Gasteiger partial charge in [-0.2, -0.15) is 5.10 Å². The minimum absolute atomic E-state index is 0.0315. The molecule has 0 saturated heterocycles. The van der Waals surface area contributed by atoms with Crippen molar-refractivity contribution in [3.63, 3.8) is 0 Å². The summed E-state index contributed by atoms with van der Waals surface area (Å²) < 4.78 is 26.4. The van der Waals surface area contributed by atoms with E-state index in [2.05, 4.69) is 14.9 Å². The molecule has 9 heteroatoms. The maximum absolute atomic E-state index is 12.0. The summed E-state index contributed by atoms with van der Waals surface area (Å²) in [6.45, 7) is 0.0327. The molecule has 6 nitrogen and oxygen atoms in total. The first-order valence-electron chi connectivity index (χ1n) is 5.12. The highest BCUT2D eigenvalue weighted by Gasteiger charge is 2.16. The number of anilines is 1. The fourth-order valence-corrected chi connectivity index (χ4v) is 2.76. The van der Waals surface area contributed by atoms with Crippen LogP contribution in [-0.2, 0) is 16.6 Å². The van der Waals surface area contributed by atoms with Crippen LogP contribution in [0.1, 0.15) is 5.56 Å². The molecular formula is C10H10Cl2N4O2S. The molecule has 0 amide bonds. The van der Waals surface area contributed by atoms with E-state index in [1.807, 2.05) is 0 Å². The average molecular weight is 321 g/mol. The summed E-state index contributed by atoms with van der Waals surface area (Å²) in [5.41, 5.74) is 6.12. The fraction of sp³-hybridized carbons (Fsp3) is 0.100. The lowest BCUT2D eigenvalue weighted by atomic mass is 10.3. The first-order chi connectivity index (χ1) is 8.90. The van der Waals surface area contributed by atoms with Crippen molar-refractivity contribution in [1.29, 1.82) is 0 Å². The number of nitrogens with zero attached hydrogens (tertiary/aromatic N) is 1. The molecular weight excluding hydrogens is 311 g/mol. The van der Waals surface area contributed by atoms with Crippen LogP contribution in [0.3, 0.4) is 0 Å². The third-order valence-corrected chi connectivity index (χ3v) is 4.54. The second-order valence-corrected chi connectivity index (χ2v) is 6.29. The van der Waals surface area contributed by atoms with E-state index in [1.165, 1.54) is 24.4 Å². The highest BCUT2D eigenvalue weighted by atomic mass is 35.5. The number of nitrogen functional groups attached to an aromatic ring is 1. The molecule has 1 aromatic carbocycles. The van der Waals surface area contributed by atoms with E-state index in [0.717, 1.165) is 0 Å². The summed E-state index contributed by atoms with van der Waals surface area (Å²) in [7, 11) is -3.68. The highest BCUT2D eigenvalue weighted by Crippen LogP contribution is 2.24. The minimum atomic E-state index is -3.68. The molecule has 0 aliphatic carbocycles.